The molecule has 5 heteroatoms. The molecule has 0 spiro atoms. The molecule has 31 heavy (non-hydrogen) atoms. The molecule has 0 heterocycles. The van der Waals surface area contributed by atoms with Gasteiger partial charge in [-0.15, -0.1) is 0 Å². The summed E-state index contributed by atoms with van der Waals surface area (Å²) >= 11 is 0. The highest BCUT2D eigenvalue weighted by atomic mass is 16.6. The standard InChI is InChI=1S/C26H42O5/c1-5-23(3,4)22(28)31-26-15-19-12-20(16-26)14-25(13-19,18-26)29-17-21(27)30-24(6-2)10-8-7-9-11-24/h19-20H,5-18H2,1-4H3. The molecule has 2 unspecified atom stereocenters. The monoisotopic (exact) mass is 434 g/mol. The van der Waals surface area contributed by atoms with Crippen LogP contribution in [0.2, 0.25) is 0 Å². The SMILES string of the molecule is CCC1(OC(=O)COC23CC4CC(C2)CC(OC(=O)C(C)(C)CC)(C4)C3)CCCCC1. The predicted octanol–water partition coefficient (Wildman–Crippen LogP) is 5.73. The van der Waals surface area contributed by atoms with Crippen LogP contribution in [0.4, 0.5) is 0 Å². The Morgan fingerprint density at radius 3 is 2.10 bits per heavy atom. The summed E-state index contributed by atoms with van der Waals surface area (Å²) in [5.41, 5.74) is -1.50. The third kappa shape index (κ3) is 4.67. The zero-order chi connectivity index (χ0) is 22.3. The van der Waals surface area contributed by atoms with Crippen molar-refractivity contribution in [2.75, 3.05) is 6.61 Å². The Morgan fingerprint density at radius 1 is 0.903 bits per heavy atom. The van der Waals surface area contributed by atoms with Gasteiger partial charge in [0.15, 0.2) is 0 Å². The quantitative estimate of drug-likeness (QED) is 0.457. The Bertz CT molecular complexity index is 676. The van der Waals surface area contributed by atoms with Crippen LogP contribution in [0, 0.1) is 17.3 Å². The molecule has 4 bridgehead atoms. The van der Waals surface area contributed by atoms with Crippen LogP contribution in [0.5, 0.6) is 0 Å². The fraction of sp³-hybridized carbons (Fsp3) is 0.923. The maximum absolute atomic E-state index is 12.9. The van der Waals surface area contributed by atoms with Crippen molar-refractivity contribution >= 4 is 11.9 Å². The van der Waals surface area contributed by atoms with E-state index in [2.05, 4.69) is 6.92 Å². The fourth-order valence-corrected chi connectivity index (χ4v) is 7.07. The van der Waals surface area contributed by atoms with Crippen LogP contribution in [-0.2, 0) is 23.8 Å². The van der Waals surface area contributed by atoms with Crippen LogP contribution in [0.25, 0.3) is 0 Å². The number of hydrogen-bond donors (Lipinski definition) is 0. The molecule has 0 amide bonds. The summed E-state index contributed by atoms with van der Waals surface area (Å²) in [4.78, 5) is 25.7. The first-order valence-corrected chi connectivity index (χ1v) is 12.7. The first-order chi connectivity index (χ1) is 14.6. The van der Waals surface area contributed by atoms with Crippen LogP contribution in [0.15, 0.2) is 0 Å². The Hall–Kier alpha value is -1.10. The van der Waals surface area contributed by atoms with Crippen LogP contribution in [-0.4, -0.2) is 35.3 Å². The van der Waals surface area contributed by atoms with Crippen LogP contribution >= 0.6 is 0 Å². The molecule has 5 aliphatic carbocycles. The Morgan fingerprint density at radius 2 is 1.52 bits per heavy atom. The zero-order valence-electron chi connectivity index (χ0n) is 20.1. The number of carbonyl (C=O) groups excluding carboxylic acids is 2. The van der Waals surface area contributed by atoms with Gasteiger partial charge in [-0.25, -0.2) is 4.79 Å². The van der Waals surface area contributed by atoms with E-state index in [1.807, 2.05) is 20.8 Å². The van der Waals surface area contributed by atoms with Crippen LogP contribution < -0.4 is 0 Å². The largest absolute Gasteiger partial charge is 0.459 e. The van der Waals surface area contributed by atoms with Gasteiger partial charge in [-0.05, 0) is 96.3 Å². The van der Waals surface area contributed by atoms with Crippen molar-refractivity contribution in [2.45, 2.75) is 128 Å². The van der Waals surface area contributed by atoms with Gasteiger partial charge in [0.25, 0.3) is 0 Å². The molecule has 5 nitrogen and oxygen atoms in total. The van der Waals surface area contributed by atoms with Crippen molar-refractivity contribution in [1.82, 2.24) is 0 Å². The number of ether oxygens (including phenoxy) is 3. The van der Waals surface area contributed by atoms with E-state index in [1.54, 1.807) is 0 Å². The van der Waals surface area contributed by atoms with Crippen molar-refractivity contribution in [2.24, 2.45) is 17.3 Å². The highest BCUT2D eigenvalue weighted by Crippen LogP contribution is 2.60. The fourth-order valence-electron chi connectivity index (χ4n) is 7.07. The molecule has 2 atom stereocenters. The Kier molecular flexibility index (Phi) is 6.22. The number of rotatable bonds is 8. The van der Waals surface area contributed by atoms with Gasteiger partial charge in [0, 0.05) is 6.42 Å². The van der Waals surface area contributed by atoms with Crippen molar-refractivity contribution < 1.29 is 23.8 Å². The normalized spacial score (nSPS) is 36.3. The van der Waals surface area contributed by atoms with Crippen molar-refractivity contribution in [3.05, 3.63) is 0 Å². The van der Waals surface area contributed by atoms with Gasteiger partial charge in [0.2, 0.25) is 0 Å². The summed E-state index contributed by atoms with van der Waals surface area (Å²) in [6.45, 7) is 8.10. The van der Waals surface area contributed by atoms with Gasteiger partial charge < -0.3 is 14.2 Å². The molecule has 0 radical (unpaired) electrons. The van der Waals surface area contributed by atoms with Gasteiger partial charge in [0.05, 0.1) is 11.0 Å². The molecule has 5 fully saturated rings. The van der Waals surface area contributed by atoms with Gasteiger partial charge in [0.1, 0.15) is 17.8 Å². The van der Waals surface area contributed by atoms with Crippen LogP contribution in [0.3, 0.4) is 0 Å². The lowest BCUT2D eigenvalue weighted by Crippen LogP contribution is -2.62. The minimum Gasteiger partial charge on any atom is -0.459 e. The molecular weight excluding hydrogens is 392 g/mol. The van der Waals surface area contributed by atoms with E-state index >= 15 is 0 Å². The summed E-state index contributed by atoms with van der Waals surface area (Å²) in [7, 11) is 0. The second-order valence-corrected chi connectivity index (χ2v) is 11.8. The average molecular weight is 435 g/mol. The zero-order valence-corrected chi connectivity index (χ0v) is 20.1. The molecule has 0 N–H and O–H groups in total. The van der Waals surface area contributed by atoms with E-state index in [4.69, 9.17) is 14.2 Å². The molecule has 0 aromatic carbocycles. The molecule has 0 aromatic rings. The lowest BCUT2D eigenvalue weighted by molar-refractivity contribution is -0.241. The molecular formula is C26H42O5. The highest BCUT2D eigenvalue weighted by Gasteiger charge is 2.61. The number of esters is 2. The summed E-state index contributed by atoms with van der Waals surface area (Å²) < 4.78 is 18.6. The van der Waals surface area contributed by atoms with E-state index in [0.29, 0.717) is 11.8 Å². The van der Waals surface area contributed by atoms with E-state index < -0.39 is 11.0 Å². The molecule has 0 aliphatic heterocycles. The van der Waals surface area contributed by atoms with Crippen LogP contribution in [0.1, 0.15) is 111 Å². The average Bonchev–Trinajstić information content (AvgIpc) is 2.71. The predicted molar refractivity (Wildman–Crippen MR) is 118 cm³/mol. The summed E-state index contributed by atoms with van der Waals surface area (Å²) in [5, 5.41) is 0. The number of carbonyl (C=O) groups is 2. The third-order valence-corrected chi connectivity index (χ3v) is 8.94. The Balaban J connectivity index is 1.40. The molecule has 5 aliphatic rings. The van der Waals surface area contributed by atoms with Gasteiger partial charge >= 0.3 is 11.9 Å². The van der Waals surface area contributed by atoms with Gasteiger partial charge in [-0.3, -0.25) is 4.79 Å². The minimum absolute atomic E-state index is 0.0195. The van der Waals surface area contributed by atoms with Crippen molar-refractivity contribution in [3.63, 3.8) is 0 Å². The summed E-state index contributed by atoms with van der Waals surface area (Å²) in [6, 6.07) is 0. The maximum Gasteiger partial charge on any atom is 0.332 e. The van der Waals surface area contributed by atoms with E-state index in [-0.39, 0.29) is 29.7 Å². The second-order valence-electron chi connectivity index (χ2n) is 11.8. The minimum atomic E-state index is -0.463. The molecule has 0 saturated heterocycles. The first-order valence-electron chi connectivity index (χ1n) is 12.7. The van der Waals surface area contributed by atoms with Crippen molar-refractivity contribution in [1.29, 1.82) is 0 Å². The second kappa shape index (κ2) is 8.35. The molecule has 0 aromatic heterocycles. The smallest absolute Gasteiger partial charge is 0.332 e. The Labute approximate surface area is 188 Å². The van der Waals surface area contributed by atoms with Crippen molar-refractivity contribution in [3.8, 4) is 0 Å². The topological polar surface area (TPSA) is 61.8 Å². The molecule has 5 rings (SSSR count). The number of hydrogen-bond acceptors (Lipinski definition) is 5. The summed E-state index contributed by atoms with van der Waals surface area (Å²) in [5.74, 6) is 0.733. The highest BCUT2D eigenvalue weighted by molar-refractivity contribution is 5.76. The lowest BCUT2D eigenvalue weighted by atomic mass is 9.52. The maximum atomic E-state index is 12.9. The third-order valence-electron chi connectivity index (χ3n) is 8.94. The molecule has 176 valence electrons. The lowest BCUT2D eigenvalue weighted by Gasteiger charge is -2.60. The van der Waals surface area contributed by atoms with E-state index in [9.17, 15) is 9.59 Å². The molecule has 5 saturated carbocycles. The van der Waals surface area contributed by atoms with E-state index in [0.717, 1.165) is 70.6 Å². The first kappa shape index (κ1) is 23.1. The van der Waals surface area contributed by atoms with E-state index in [1.165, 1.54) is 12.8 Å². The summed E-state index contributed by atoms with van der Waals surface area (Å²) in [6.07, 6.45) is 12.9. The van der Waals surface area contributed by atoms with Gasteiger partial charge in [-0.1, -0.05) is 20.3 Å². The van der Waals surface area contributed by atoms with Gasteiger partial charge in [-0.2, -0.15) is 0 Å².